The maximum absolute atomic E-state index is 12.4. The number of hydrogen-bond acceptors (Lipinski definition) is 3. The van der Waals surface area contributed by atoms with Gasteiger partial charge in [-0.2, -0.15) is 13.2 Å². The van der Waals surface area contributed by atoms with E-state index in [-0.39, 0.29) is 19.6 Å². The molecule has 134 valence electrons. The Bertz CT molecular complexity index is 698. The van der Waals surface area contributed by atoms with E-state index in [1.54, 1.807) is 12.1 Å². The SMILES string of the molecule is O=C(CNC(=O)NCc1ccco1)NCc1ccc(C(F)(F)F)cc1. The van der Waals surface area contributed by atoms with Crippen molar-refractivity contribution in [3.05, 3.63) is 59.5 Å². The van der Waals surface area contributed by atoms with Crippen LogP contribution in [0.3, 0.4) is 0 Å². The first-order chi connectivity index (χ1) is 11.8. The third kappa shape index (κ3) is 6.21. The third-order valence-corrected chi connectivity index (χ3v) is 3.18. The molecule has 1 aromatic carbocycles. The van der Waals surface area contributed by atoms with Crippen molar-refractivity contribution in [2.45, 2.75) is 19.3 Å². The molecule has 0 unspecified atom stereocenters. The van der Waals surface area contributed by atoms with Gasteiger partial charge in [-0.15, -0.1) is 0 Å². The van der Waals surface area contributed by atoms with Gasteiger partial charge in [-0.05, 0) is 29.8 Å². The van der Waals surface area contributed by atoms with Crippen LogP contribution < -0.4 is 16.0 Å². The van der Waals surface area contributed by atoms with E-state index in [0.717, 1.165) is 12.1 Å². The maximum atomic E-state index is 12.4. The molecule has 0 saturated carbocycles. The van der Waals surface area contributed by atoms with Gasteiger partial charge in [0, 0.05) is 6.54 Å². The van der Waals surface area contributed by atoms with E-state index < -0.39 is 23.7 Å². The van der Waals surface area contributed by atoms with Crippen molar-refractivity contribution in [1.29, 1.82) is 0 Å². The van der Waals surface area contributed by atoms with Crippen molar-refractivity contribution in [2.24, 2.45) is 0 Å². The molecule has 9 heteroatoms. The second-order valence-corrected chi connectivity index (χ2v) is 5.09. The van der Waals surface area contributed by atoms with E-state index >= 15 is 0 Å². The Kier molecular flexibility index (Phi) is 6.04. The molecule has 3 N–H and O–H groups in total. The quantitative estimate of drug-likeness (QED) is 0.744. The van der Waals surface area contributed by atoms with Crippen LogP contribution in [0.2, 0.25) is 0 Å². The van der Waals surface area contributed by atoms with E-state index in [2.05, 4.69) is 16.0 Å². The predicted molar refractivity (Wildman–Crippen MR) is 82.2 cm³/mol. The monoisotopic (exact) mass is 355 g/mol. The van der Waals surface area contributed by atoms with E-state index in [1.807, 2.05) is 0 Å². The molecule has 0 bridgehead atoms. The number of carbonyl (C=O) groups excluding carboxylic acids is 2. The van der Waals surface area contributed by atoms with Crippen molar-refractivity contribution in [3.8, 4) is 0 Å². The molecule has 6 nitrogen and oxygen atoms in total. The number of furan rings is 1. The third-order valence-electron chi connectivity index (χ3n) is 3.18. The largest absolute Gasteiger partial charge is 0.467 e. The highest BCUT2D eigenvalue weighted by Crippen LogP contribution is 2.28. The fraction of sp³-hybridized carbons (Fsp3) is 0.250. The molecule has 1 aromatic heterocycles. The molecule has 0 spiro atoms. The molecular formula is C16H16F3N3O3. The Labute approximate surface area is 141 Å². The molecule has 0 atom stereocenters. The van der Waals surface area contributed by atoms with Crippen molar-refractivity contribution < 1.29 is 27.2 Å². The normalized spacial score (nSPS) is 11.0. The molecule has 0 aliphatic rings. The lowest BCUT2D eigenvalue weighted by molar-refractivity contribution is -0.137. The fourth-order valence-corrected chi connectivity index (χ4v) is 1.88. The first kappa shape index (κ1) is 18.4. The molecular weight excluding hydrogens is 339 g/mol. The lowest BCUT2D eigenvalue weighted by Crippen LogP contribution is -2.41. The minimum absolute atomic E-state index is 0.0622. The van der Waals surface area contributed by atoms with Crippen LogP contribution in [-0.4, -0.2) is 18.5 Å². The number of carbonyl (C=O) groups is 2. The summed E-state index contributed by atoms with van der Waals surface area (Å²) in [7, 11) is 0. The standard InChI is InChI=1S/C16H16F3N3O3/c17-16(18,19)12-5-3-11(4-6-12)8-20-14(23)10-22-15(24)21-9-13-2-1-7-25-13/h1-7H,8-10H2,(H,20,23)(H2,21,22,24). The first-order valence-electron chi connectivity index (χ1n) is 7.31. The average molecular weight is 355 g/mol. The van der Waals surface area contributed by atoms with Crippen LogP contribution in [-0.2, 0) is 24.1 Å². The zero-order valence-electron chi connectivity index (χ0n) is 13.0. The number of halogens is 3. The molecule has 2 aromatic rings. The lowest BCUT2D eigenvalue weighted by atomic mass is 10.1. The Morgan fingerprint density at radius 1 is 0.960 bits per heavy atom. The Balaban J connectivity index is 1.67. The molecule has 0 aliphatic carbocycles. The molecule has 3 amide bonds. The van der Waals surface area contributed by atoms with Gasteiger partial charge >= 0.3 is 12.2 Å². The minimum Gasteiger partial charge on any atom is -0.467 e. The van der Waals surface area contributed by atoms with Crippen LogP contribution in [0.15, 0.2) is 47.1 Å². The summed E-state index contributed by atoms with van der Waals surface area (Å²) in [5.74, 6) is 0.106. The lowest BCUT2D eigenvalue weighted by Gasteiger charge is -2.09. The van der Waals surface area contributed by atoms with Gasteiger partial charge in [-0.25, -0.2) is 4.79 Å². The number of amides is 3. The molecule has 0 aliphatic heterocycles. The molecule has 0 saturated heterocycles. The summed E-state index contributed by atoms with van der Waals surface area (Å²) < 4.78 is 42.4. The van der Waals surface area contributed by atoms with Gasteiger partial charge in [0.2, 0.25) is 5.91 Å². The second-order valence-electron chi connectivity index (χ2n) is 5.09. The highest BCUT2D eigenvalue weighted by atomic mass is 19.4. The Morgan fingerprint density at radius 2 is 1.68 bits per heavy atom. The minimum atomic E-state index is -4.39. The van der Waals surface area contributed by atoms with E-state index in [0.29, 0.717) is 11.3 Å². The van der Waals surface area contributed by atoms with Gasteiger partial charge in [-0.3, -0.25) is 4.79 Å². The van der Waals surface area contributed by atoms with Crippen LogP contribution in [0.4, 0.5) is 18.0 Å². The fourth-order valence-electron chi connectivity index (χ4n) is 1.88. The summed E-state index contributed by atoms with van der Waals surface area (Å²) in [6.07, 6.45) is -2.92. The van der Waals surface area contributed by atoms with Gasteiger partial charge in [0.25, 0.3) is 0 Å². The van der Waals surface area contributed by atoms with E-state index in [9.17, 15) is 22.8 Å². The number of rotatable bonds is 6. The van der Waals surface area contributed by atoms with E-state index in [4.69, 9.17) is 4.42 Å². The van der Waals surface area contributed by atoms with Gasteiger partial charge in [0.15, 0.2) is 0 Å². The zero-order chi connectivity index (χ0) is 18.3. The number of benzene rings is 1. The highest BCUT2D eigenvalue weighted by Gasteiger charge is 2.29. The molecule has 25 heavy (non-hydrogen) atoms. The first-order valence-corrected chi connectivity index (χ1v) is 7.31. The number of urea groups is 1. The molecule has 2 rings (SSSR count). The van der Waals surface area contributed by atoms with Crippen molar-refractivity contribution in [3.63, 3.8) is 0 Å². The summed E-state index contributed by atoms with van der Waals surface area (Å²) in [6.45, 7) is -0.0106. The summed E-state index contributed by atoms with van der Waals surface area (Å²) >= 11 is 0. The topological polar surface area (TPSA) is 83.4 Å². The number of hydrogen-bond donors (Lipinski definition) is 3. The van der Waals surface area contributed by atoms with Gasteiger partial charge in [0.1, 0.15) is 5.76 Å². The van der Waals surface area contributed by atoms with Gasteiger partial charge < -0.3 is 20.4 Å². The molecule has 1 heterocycles. The smallest absolute Gasteiger partial charge is 0.416 e. The number of nitrogens with one attached hydrogen (secondary N) is 3. The summed E-state index contributed by atoms with van der Waals surface area (Å²) in [6, 6.07) is 7.30. The van der Waals surface area contributed by atoms with Crippen molar-refractivity contribution >= 4 is 11.9 Å². The Morgan fingerprint density at radius 3 is 2.28 bits per heavy atom. The Hall–Kier alpha value is -2.97. The second kappa shape index (κ2) is 8.22. The number of alkyl halides is 3. The molecule has 0 radical (unpaired) electrons. The maximum Gasteiger partial charge on any atom is 0.416 e. The highest BCUT2D eigenvalue weighted by molar-refractivity contribution is 5.83. The van der Waals surface area contributed by atoms with Gasteiger partial charge in [-0.1, -0.05) is 12.1 Å². The molecule has 0 fully saturated rings. The van der Waals surface area contributed by atoms with Crippen LogP contribution in [0.1, 0.15) is 16.9 Å². The van der Waals surface area contributed by atoms with E-state index in [1.165, 1.54) is 18.4 Å². The van der Waals surface area contributed by atoms with Crippen LogP contribution >= 0.6 is 0 Å². The predicted octanol–water partition coefficient (Wildman–Crippen LogP) is 2.41. The summed E-state index contributed by atoms with van der Waals surface area (Å²) in [5.41, 5.74) is -0.235. The zero-order valence-corrected chi connectivity index (χ0v) is 13.0. The average Bonchev–Trinajstić information content (AvgIpc) is 3.09. The van der Waals surface area contributed by atoms with Crippen molar-refractivity contribution in [2.75, 3.05) is 6.54 Å². The summed E-state index contributed by atoms with van der Waals surface area (Å²) in [5, 5.41) is 7.36. The van der Waals surface area contributed by atoms with Crippen molar-refractivity contribution in [1.82, 2.24) is 16.0 Å². The van der Waals surface area contributed by atoms with Crippen LogP contribution in [0.5, 0.6) is 0 Å². The van der Waals surface area contributed by atoms with Gasteiger partial charge in [0.05, 0.1) is 24.9 Å². The van der Waals surface area contributed by atoms with Crippen LogP contribution in [0, 0.1) is 0 Å². The van der Waals surface area contributed by atoms with Crippen LogP contribution in [0.25, 0.3) is 0 Å². The summed E-state index contributed by atoms with van der Waals surface area (Å²) in [4.78, 5) is 23.1.